The van der Waals surface area contributed by atoms with E-state index in [1.807, 2.05) is 13.8 Å². The van der Waals surface area contributed by atoms with Crippen LogP contribution >= 0.6 is 0 Å². The highest BCUT2D eigenvalue weighted by molar-refractivity contribution is 5.93. The van der Waals surface area contributed by atoms with Gasteiger partial charge >= 0.3 is 5.97 Å². The van der Waals surface area contributed by atoms with Gasteiger partial charge in [-0.15, -0.1) is 0 Å². The van der Waals surface area contributed by atoms with Crippen LogP contribution in [0.15, 0.2) is 52.0 Å². The molecule has 0 amide bonds. The highest BCUT2D eigenvalue weighted by atomic mass is 16.6. The Kier molecular flexibility index (Phi) is 7.31. The molecule has 0 aliphatic carbocycles. The first-order valence-corrected chi connectivity index (χ1v) is 9.13. The molecule has 1 unspecified atom stereocenters. The van der Waals surface area contributed by atoms with Gasteiger partial charge in [-0.3, -0.25) is 10.1 Å². The second-order valence-corrected chi connectivity index (χ2v) is 6.19. The van der Waals surface area contributed by atoms with Gasteiger partial charge in [0.15, 0.2) is 0 Å². The summed E-state index contributed by atoms with van der Waals surface area (Å²) < 4.78 is 5.24. The first-order valence-electron chi connectivity index (χ1n) is 9.13. The monoisotopic (exact) mass is 387 g/mol. The van der Waals surface area contributed by atoms with Crippen molar-refractivity contribution < 1.29 is 19.3 Å². The molecule has 150 valence electrons. The molecule has 1 aromatic carbocycles. The lowest BCUT2D eigenvalue weighted by Gasteiger charge is -2.31. The number of nitro benzene ring substituents is 1. The lowest BCUT2D eigenvalue weighted by molar-refractivity contribution is -0.385. The largest absolute Gasteiger partial charge is 0.463 e. The topological polar surface area (TPSA) is 103 Å². The van der Waals surface area contributed by atoms with Crippen LogP contribution < -0.4 is 5.32 Å². The number of oxime groups is 1. The van der Waals surface area contributed by atoms with Crippen molar-refractivity contribution in [3.8, 4) is 0 Å². The third kappa shape index (κ3) is 4.57. The number of ether oxygens (including phenoxy) is 1. The van der Waals surface area contributed by atoms with Crippen molar-refractivity contribution in [3.63, 3.8) is 0 Å². The van der Waals surface area contributed by atoms with Gasteiger partial charge in [0.05, 0.1) is 17.1 Å². The standard InChI is InChI=1S/C20H25N3O5/c1-5-27-20(24)18-14(4)22-13(3)15(11-12-21-28-6-2)19(18)16-9-7-8-10-17(16)23(25)26/h7-10,12,19,22H,5-6,11H2,1-4H3. The lowest BCUT2D eigenvalue weighted by Crippen LogP contribution is -2.29. The number of rotatable bonds is 8. The zero-order chi connectivity index (χ0) is 20.7. The molecule has 0 saturated heterocycles. The summed E-state index contributed by atoms with van der Waals surface area (Å²) >= 11 is 0. The number of nitrogens with one attached hydrogen (secondary N) is 1. The van der Waals surface area contributed by atoms with Crippen LogP contribution in [0, 0.1) is 10.1 Å². The second-order valence-electron chi connectivity index (χ2n) is 6.19. The van der Waals surface area contributed by atoms with Crippen LogP contribution in [-0.2, 0) is 14.4 Å². The summed E-state index contributed by atoms with van der Waals surface area (Å²) in [4.78, 5) is 28.9. The number of esters is 1. The highest BCUT2D eigenvalue weighted by Gasteiger charge is 2.36. The average molecular weight is 387 g/mol. The van der Waals surface area contributed by atoms with Gasteiger partial charge in [0.2, 0.25) is 0 Å². The second kappa shape index (κ2) is 9.68. The van der Waals surface area contributed by atoms with E-state index in [-0.39, 0.29) is 12.3 Å². The van der Waals surface area contributed by atoms with Crippen molar-refractivity contribution in [2.45, 2.75) is 40.0 Å². The van der Waals surface area contributed by atoms with Gasteiger partial charge in [-0.05, 0) is 33.3 Å². The molecule has 28 heavy (non-hydrogen) atoms. The molecule has 1 aromatic rings. The van der Waals surface area contributed by atoms with Gasteiger partial charge in [-0.1, -0.05) is 23.4 Å². The smallest absolute Gasteiger partial charge is 0.336 e. The third-order valence-electron chi connectivity index (χ3n) is 4.43. The molecule has 0 aromatic heterocycles. The number of carbonyl (C=O) groups is 1. The normalized spacial score (nSPS) is 16.9. The molecular formula is C20H25N3O5. The van der Waals surface area contributed by atoms with Crippen LogP contribution in [0.2, 0.25) is 0 Å². The Morgan fingerprint density at radius 2 is 1.96 bits per heavy atom. The molecule has 0 saturated carbocycles. The Labute approximate surface area is 164 Å². The molecule has 1 heterocycles. The van der Waals surface area contributed by atoms with Crippen molar-refractivity contribution >= 4 is 17.9 Å². The van der Waals surface area contributed by atoms with E-state index in [9.17, 15) is 14.9 Å². The molecule has 1 aliphatic rings. The Morgan fingerprint density at radius 1 is 1.25 bits per heavy atom. The Bertz CT molecular complexity index is 842. The number of hydrogen-bond donors (Lipinski definition) is 1. The summed E-state index contributed by atoms with van der Waals surface area (Å²) in [6.45, 7) is 7.84. The van der Waals surface area contributed by atoms with Crippen molar-refractivity contribution in [3.05, 3.63) is 62.5 Å². The van der Waals surface area contributed by atoms with Gasteiger partial charge in [-0.2, -0.15) is 0 Å². The van der Waals surface area contributed by atoms with Crippen LogP contribution in [0.1, 0.15) is 45.6 Å². The minimum absolute atomic E-state index is 0.0453. The summed E-state index contributed by atoms with van der Waals surface area (Å²) in [7, 11) is 0. The zero-order valence-electron chi connectivity index (χ0n) is 16.5. The Morgan fingerprint density at radius 3 is 2.61 bits per heavy atom. The maximum Gasteiger partial charge on any atom is 0.336 e. The Balaban J connectivity index is 2.62. The number of benzene rings is 1. The molecule has 8 nitrogen and oxygen atoms in total. The Hall–Kier alpha value is -3.16. The van der Waals surface area contributed by atoms with Gasteiger partial charge in [0.1, 0.15) is 6.61 Å². The summed E-state index contributed by atoms with van der Waals surface area (Å²) in [6, 6.07) is 6.45. The van der Waals surface area contributed by atoms with Crippen molar-refractivity contribution in [2.75, 3.05) is 13.2 Å². The molecule has 1 aliphatic heterocycles. The van der Waals surface area contributed by atoms with Gasteiger partial charge in [-0.25, -0.2) is 4.79 Å². The van der Waals surface area contributed by atoms with Crippen LogP contribution in [0.25, 0.3) is 0 Å². The van der Waals surface area contributed by atoms with E-state index in [4.69, 9.17) is 9.57 Å². The van der Waals surface area contributed by atoms with Gasteiger partial charge in [0, 0.05) is 41.6 Å². The fourth-order valence-corrected chi connectivity index (χ4v) is 3.29. The van der Waals surface area contributed by atoms with Gasteiger partial charge in [0.25, 0.3) is 5.69 Å². The van der Waals surface area contributed by atoms with E-state index in [1.165, 1.54) is 6.07 Å². The van der Waals surface area contributed by atoms with E-state index >= 15 is 0 Å². The predicted molar refractivity (Wildman–Crippen MR) is 106 cm³/mol. The van der Waals surface area contributed by atoms with Crippen LogP contribution in [-0.4, -0.2) is 30.3 Å². The molecule has 8 heteroatoms. The number of allylic oxidation sites excluding steroid dienone is 3. The molecule has 0 spiro atoms. The van der Waals surface area contributed by atoms with E-state index < -0.39 is 16.8 Å². The summed E-state index contributed by atoms with van der Waals surface area (Å²) in [5.74, 6) is -1.11. The predicted octanol–water partition coefficient (Wildman–Crippen LogP) is 3.81. The van der Waals surface area contributed by atoms with E-state index in [0.29, 0.717) is 29.9 Å². The van der Waals surface area contributed by atoms with Gasteiger partial charge < -0.3 is 14.9 Å². The maximum atomic E-state index is 12.7. The molecular weight excluding hydrogens is 362 g/mol. The summed E-state index contributed by atoms with van der Waals surface area (Å²) in [5, 5.41) is 18.7. The number of nitro groups is 1. The summed E-state index contributed by atoms with van der Waals surface area (Å²) in [6.07, 6.45) is 1.96. The fraction of sp³-hybridized carbons (Fsp3) is 0.400. The van der Waals surface area contributed by atoms with E-state index in [0.717, 1.165) is 11.3 Å². The average Bonchev–Trinajstić information content (AvgIpc) is 2.66. The van der Waals surface area contributed by atoms with E-state index in [2.05, 4.69) is 10.5 Å². The number of carbonyl (C=O) groups excluding carboxylic acids is 1. The lowest BCUT2D eigenvalue weighted by atomic mass is 9.78. The van der Waals surface area contributed by atoms with E-state index in [1.54, 1.807) is 38.3 Å². The minimum Gasteiger partial charge on any atom is -0.463 e. The zero-order valence-corrected chi connectivity index (χ0v) is 16.5. The maximum absolute atomic E-state index is 12.7. The summed E-state index contributed by atoms with van der Waals surface area (Å²) in [5.41, 5.74) is 2.99. The molecule has 1 N–H and O–H groups in total. The fourth-order valence-electron chi connectivity index (χ4n) is 3.29. The SMILES string of the molecule is CCON=CCC1=C(C)NC(C)=C(C(=O)OCC)C1c1ccccc1[N+](=O)[O-]. The third-order valence-corrected chi connectivity index (χ3v) is 4.43. The molecule has 0 fully saturated rings. The minimum atomic E-state index is -0.616. The van der Waals surface area contributed by atoms with Crippen molar-refractivity contribution in [1.29, 1.82) is 0 Å². The van der Waals surface area contributed by atoms with Crippen LogP contribution in [0.4, 0.5) is 5.69 Å². The van der Waals surface area contributed by atoms with Crippen LogP contribution in [0.5, 0.6) is 0 Å². The molecule has 2 rings (SSSR count). The molecule has 0 radical (unpaired) electrons. The van der Waals surface area contributed by atoms with Crippen molar-refractivity contribution in [1.82, 2.24) is 5.32 Å². The number of dihydropyridines is 1. The van der Waals surface area contributed by atoms with Crippen molar-refractivity contribution in [2.24, 2.45) is 5.16 Å². The number of para-hydroxylation sites is 1. The first-order chi connectivity index (χ1) is 13.4. The molecule has 1 atom stereocenters. The first kappa shape index (κ1) is 21.1. The molecule has 0 bridgehead atoms. The number of hydrogen-bond acceptors (Lipinski definition) is 7. The quantitative estimate of drug-likeness (QED) is 0.315. The van der Waals surface area contributed by atoms with Crippen LogP contribution in [0.3, 0.4) is 0 Å². The number of nitrogens with zero attached hydrogens (tertiary/aromatic N) is 2. The highest BCUT2D eigenvalue weighted by Crippen LogP contribution is 2.42.